The molecule has 0 spiro atoms. The summed E-state index contributed by atoms with van der Waals surface area (Å²) in [5, 5.41) is 0. The Balaban J connectivity index is 2.86. The van der Waals surface area contributed by atoms with Gasteiger partial charge < -0.3 is 14.1 Å². The van der Waals surface area contributed by atoms with Crippen LogP contribution in [0.4, 0.5) is 0 Å². The zero-order valence-electron chi connectivity index (χ0n) is 12.2. The first kappa shape index (κ1) is 15.3. The first-order valence-corrected chi connectivity index (χ1v) is 6.35. The second-order valence-corrected chi connectivity index (χ2v) is 4.43. The molecule has 0 aromatic carbocycles. The van der Waals surface area contributed by atoms with E-state index in [4.69, 9.17) is 4.42 Å². The normalized spacial score (nSPS) is 10.4. The number of carbonyl (C=O) groups excluding carboxylic acids is 2. The van der Waals surface area contributed by atoms with Gasteiger partial charge in [-0.05, 0) is 27.7 Å². The molecule has 0 radical (unpaired) electrons. The number of nitrogens with zero attached hydrogens (tertiary/aromatic N) is 1. The highest BCUT2D eigenvalue weighted by Crippen LogP contribution is 2.22. The summed E-state index contributed by atoms with van der Waals surface area (Å²) < 4.78 is 10.1. The number of rotatable bonds is 5. The SMILES string of the molecule is CCN(CCC(=O)OC)C(=O)c1c(C)oc(C)c1C. The van der Waals surface area contributed by atoms with Crippen molar-refractivity contribution in [1.29, 1.82) is 0 Å². The lowest BCUT2D eigenvalue weighted by atomic mass is 10.1. The van der Waals surface area contributed by atoms with Gasteiger partial charge in [0.2, 0.25) is 0 Å². The highest BCUT2D eigenvalue weighted by atomic mass is 16.5. The fraction of sp³-hybridized carbons (Fsp3) is 0.571. The number of aryl methyl sites for hydroxylation is 2. The number of esters is 1. The molecule has 5 nitrogen and oxygen atoms in total. The molecule has 5 heteroatoms. The first-order chi connectivity index (χ1) is 8.92. The van der Waals surface area contributed by atoms with E-state index in [2.05, 4.69) is 4.74 Å². The third-order valence-corrected chi connectivity index (χ3v) is 3.26. The molecular weight excluding hydrogens is 246 g/mol. The molecule has 1 amide bonds. The van der Waals surface area contributed by atoms with Gasteiger partial charge in [-0.2, -0.15) is 0 Å². The van der Waals surface area contributed by atoms with E-state index in [1.54, 1.807) is 11.8 Å². The topological polar surface area (TPSA) is 59.8 Å². The Labute approximate surface area is 113 Å². The number of hydrogen-bond acceptors (Lipinski definition) is 4. The molecule has 0 atom stereocenters. The van der Waals surface area contributed by atoms with Crippen molar-refractivity contribution in [3.63, 3.8) is 0 Å². The largest absolute Gasteiger partial charge is 0.469 e. The summed E-state index contributed by atoms with van der Waals surface area (Å²) in [6, 6.07) is 0. The average Bonchev–Trinajstić information content (AvgIpc) is 2.63. The number of methoxy groups -OCH3 is 1. The van der Waals surface area contributed by atoms with Gasteiger partial charge in [0.25, 0.3) is 5.91 Å². The lowest BCUT2D eigenvalue weighted by Gasteiger charge is -2.20. The highest BCUT2D eigenvalue weighted by molar-refractivity contribution is 5.97. The van der Waals surface area contributed by atoms with E-state index in [0.29, 0.717) is 24.4 Å². The average molecular weight is 267 g/mol. The zero-order valence-corrected chi connectivity index (χ0v) is 12.2. The summed E-state index contributed by atoms with van der Waals surface area (Å²) in [5.74, 6) is 0.961. The van der Waals surface area contributed by atoms with Crippen molar-refractivity contribution in [3.8, 4) is 0 Å². The smallest absolute Gasteiger partial charge is 0.307 e. The number of furan rings is 1. The summed E-state index contributed by atoms with van der Waals surface area (Å²) in [6.45, 7) is 8.26. The molecule has 1 rings (SSSR count). The van der Waals surface area contributed by atoms with Gasteiger partial charge in [-0.3, -0.25) is 9.59 Å². The van der Waals surface area contributed by atoms with Crippen LogP contribution in [0.25, 0.3) is 0 Å². The van der Waals surface area contributed by atoms with Gasteiger partial charge in [0.15, 0.2) is 0 Å². The Bertz CT molecular complexity index is 476. The molecule has 0 unspecified atom stereocenters. The zero-order chi connectivity index (χ0) is 14.6. The highest BCUT2D eigenvalue weighted by Gasteiger charge is 2.23. The first-order valence-electron chi connectivity index (χ1n) is 6.35. The lowest BCUT2D eigenvalue weighted by Crippen LogP contribution is -2.33. The van der Waals surface area contributed by atoms with Crippen molar-refractivity contribution in [1.82, 2.24) is 4.90 Å². The van der Waals surface area contributed by atoms with E-state index < -0.39 is 0 Å². The van der Waals surface area contributed by atoms with Gasteiger partial charge in [-0.1, -0.05) is 0 Å². The number of ether oxygens (including phenoxy) is 1. The second-order valence-electron chi connectivity index (χ2n) is 4.43. The van der Waals surface area contributed by atoms with Gasteiger partial charge in [-0.25, -0.2) is 0 Å². The lowest BCUT2D eigenvalue weighted by molar-refractivity contribution is -0.140. The standard InChI is InChI=1S/C14H21NO4/c1-6-15(8-7-12(16)18-5)14(17)13-9(2)10(3)19-11(13)4/h6-8H2,1-5H3. The molecule has 0 fully saturated rings. The van der Waals surface area contributed by atoms with E-state index >= 15 is 0 Å². The minimum Gasteiger partial charge on any atom is -0.469 e. The molecule has 1 aromatic heterocycles. The number of carbonyl (C=O) groups is 2. The Morgan fingerprint density at radius 1 is 1.21 bits per heavy atom. The molecule has 0 bridgehead atoms. The van der Waals surface area contributed by atoms with Crippen LogP contribution in [0.15, 0.2) is 4.42 Å². The summed E-state index contributed by atoms with van der Waals surface area (Å²) in [4.78, 5) is 25.2. The molecule has 19 heavy (non-hydrogen) atoms. The third kappa shape index (κ3) is 3.36. The molecular formula is C14H21NO4. The van der Waals surface area contributed by atoms with Crippen LogP contribution < -0.4 is 0 Å². The summed E-state index contributed by atoms with van der Waals surface area (Å²) in [5.41, 5.74) is 1.46. The van der Waals surface area contributed by atoms with Crippen LogP contribution in [-0.2, 0) is 9.53 Å². The maximum Gasteiger partial charge on any atom is 0.307 e. The fourth-order valence-electron chi connectivity index (χ4n) is 2.00. The number of hydrogen-bond donors (Lipinski definition) is 0. The van der Waals surface area contributed by atoms with Crippen LogP contribution >= 0.6 is 0 Å². The summed E-state index contributed by atoms with van der Waals surface area (Å²) >= 11 is 0. The monoisotopic (exact) mass is 267 g/mol. The maximum absolute atomic E-state index is 12.4. The molecule has 0 saturated carbocycles. The van der Waals surface area contributed by atoms with E-state index in [9.17, 15) is 9.59 Å². The second kappa shape index (κ2) is 6.41. The molecule has 0 aliphatic rings. The van der Waals surface area contributed by atoms with Crippen LogP contribution in [0.5, 0.6) is 0 Å². The molecule has 0 aliphatic carbocycles. The van der Waals surface area contributed by atoms with Crippen molar-refractivity contribution >= 4 is 11.9 Å². The van der Waals surface area contributed by atoms with Gasteiger partial charge in [-0.15, -0.1) is 0 Å². The van der Waals surface area contributed by atoms with Crippen molar-refractivity contribution < 1.29 is 18.7 Å². The Morgan fingerprint density at radius 3 is 2.26 bits per heavy atom. The van der Waals surface area contributed by atoms with E-state index in [1.807, 2.05) is 20.8 Å². The van der Waals surface area contributed by atoms with Crippen molar-refractivity contribution in [2.75, 3.05) is 20.2 Å². The van der Waals surface area contributed by atoms with E-state index in [1.165, 1.54) is 7.11 Å². The fourth-order valence-corrected chi connectivity index (χ4v) is 2.00. The van der Waals surface area contributed by atoms with E-state index in [0.717, 1.165) is 11.3 Å². The van der Waals surface area contributed by atoms with Gasteiger partial charge >= 0.3 is 5.97 Å². The van der Waals surface area contributed by atoms with Crippen LogP contribution in [-0.4, -0.2) is 37.0 Å². The molecule has 0 N–H and O–H groups in total. The van der Waals surface area contributed by atoms with Gasteiger partial charge in [0.1, 0.15) is 11.5 Å². The molecule has 0 aliphatic heterocycles. The van der Waals surface area contributed by atoms with Crippen molar-refractivity contribution in [2.24, 2.45) is 0 Å². The predicted octanol–water partition coefficient (Wildman–Crippen LogP) is 2.23. The molecule has 1 heterocycles. The Kier molecular flexibility index (Phi) is 5.15. The van der Waals surface area contributed by atoms with Crippen molar-refractivity contribution in [2.45, 2.75) is 34.1 Å². The predicted molar refractivity (Wildman–Crippen MR) is 71.1 cm³/mol. The van der Waals surface area contributed by atoms with Crippen LogP contribution in [0.2, 0.25) is 0 Å². The quantitative estimate of drug-likeness (QED) is 0.768. The van der Waals surface area contributed by atoms with Crippen LogP contribution in [0.1, 0.15) is 40.8 Å². The number of amides is 1. The Morgan fingerprint density at radius 2 is 1.84 bits per heavy atom. The maximum atomic E-state index is 12.4. The molecule has 106 valence electrons. The molecule has 0 saturated heterocycles. The van der Waals surface area contributed by atoms with E-state index in [-0.39, 0.29) is 18.3 Å². The Hall–Kier alpha value is -1.78. The van der Waals surface area contributed by atoms with Gasteiger partial charge in [0, 0.05) is 18.7 Å². The van der Waals surface area contributed by atoms with Crippen LogP contribution in [0, 0.1) is 20.8 Å². The summed E-state index contributed by atoms with van der Waals surface area (Å²) in [7, 11) is 1.34. The van der Waals surface area contributed by atoms with Crippen molar-refractivity contribution in [3.05, 3.63) is 22.6 Å². The third-order valence-electron chi connectivity index (χ3n) is 3.26. The molecule has 1 aromatic rings. The summed E-state index contributed by atoms with van der Waals surface area (Å²) in [6.07, 6.45) is 0.199. The minimum atomic E-state index is -0.317. The minimum absolute atomic E-state index is 0.0988. The van der Waals surface area contributed by atoms with Crippen LogP contribution in [0.3, 0.4) is 0 Å². The van der Waals surface area contributed by atoms with Gasteiger partial charge in [0.05, 0.1) is 19.1 Å².